The van der Waals surface area contributed by atoms with E-state index >= 15 is 0 Å². The molecule has 10 heteroatoms. The second kappa shape index (κ2) is 6.92. The molecule has 10 nitrogen and oxygen atoms in total. The third-order valence-corrected chi connectivity index (χ3v) is 2.49. The third-order valence-electron chi connectivity index (χ3n) is 2.49. The summed E-state index contributed by atoms with van der Waals surface area (Å²) in [6, 6.07) is 1.43. The first-order chi connectivity index (χ1) is 10.2. The minimum atomic E-state index is -1.84. The molecule has 0 amide bonds. The lowest BCUT2D eigenvalue weighted by Gasteiger charge is -2.14. The van der Waals surface area contributed by atoms with E-state index in [9.17, 15) is 19.2 Å². The van der Waals surface area contributed by atoms with Crippen LogP contribution in [0.5, 0.6) is 0 Å². The van der Waals surface area contributed by atoms with E-state index in [-0.39, 0.29) is 11.4 Å². The first kappa shape index (κ1) is 16.8. The summed E-state index contributed by atoms with van der Waals surface area (Å²) >= 11 is 0. The molecule has 0 aliphatic carbocycles. The van der Waals surface area contributed by atoms with Crippen molar-refractivity contribution in [1.82, 2.24) is 0 Å². The van der Waals surface area contributed by atoms with Gasteiger partial charge in [0, 0.05) is 11.4 Å². The zero-order valence-electron chi connectivity index (χ0n) is 10.9. The van der Waals surface area contributed by atoms with Gasteiger partial charge >= 0.3 is 23.9 Å². The average molecular weight is 312 g/mol. The Morgan fingerprint density at radius 3 is 1.05 bits per heavy atom. The molecule has 6 N–H and O–H groups in total. The van der Waals surface area contributed by atoms with Gasteiger partial charge in [-0.3, -0.25) is 0 Å². The number of anilines is 2. The monoisotopic (exact) mass is 312 g/mol. The van der Waals surface area contributed by atoms with Crippen molar-refractivity contribution in [2.75, 3.05) is 10.6 Å². The predicted octanol–water partition coefficient (Wildman–Crippen LogP) is -0.414. The average Bonchev–Trinajstić information content (AvgIpc) is 2.42. The Morgan fingerprint density at radius 2 is 0.864 bits per heavy atom. The maximum absolute atomic E-state index is 10.7. The zero-order chi connectivity index (χ0) is 16.9. The van der Waals surface area contributed by atoms with E-state index in [0.29, 0.717) is 0 Å². The molecule has 0 heterocycles. The van der Waals surface area contributed by atoms with E-state index < -0.39 is 36.0 Å². The summed E-state index contributed by atoms with van der Waals surface area (Å²) in [7, 11) is 0. The fraction of sp³-hybridized carbons (Fsp3) is 0.167. The van der Waals surface area contributed by atoms with Crippen LogP contribution < -0.4 is 10.6 Å². The normalized spacial score (nSPS) is 10.3. The largest absolute Gasteiger partial charge is 0.479 e. The topological polar surface area (TPSA) is 173 Å². The Labute approximate surface area is 123 Å². The predicted molar refractivity (Wildman–Crippen MR) is 71.8 cm³/mol. The summed E-state index contributed by atoms with van der Waals surface area (Å²) in [4.78, 5) is 42.9. The zero-order valence-corrected chi connectivity index (χ0v) is 10.9. The quantitative estimate of drug-likeness (QED) is 0.346. The smallest absolute Gasteiger partial charge is 0.337 e. The highest BCUT2D eigenvalue weighted by Gasteiger charge is 2.26. The Hall–Kier alpha value is -3.30. The second-order valence-electron chi connectivity index (χ2n) is 4.09. The molecule has 0 aromatic heterocycles. The summed E-state index contributed by atoms with van der Waals surface area (Å²) in [6.45, 7) is 0. The third kappa shape index (κ3) is 4.37. The van der Waals surface area contributed by atoms with Crippen LogP contribution in [0.4, 0.5) is 11.4 Å². The molecular formula is C12H12N2O8. The van der Waals surface area contributed by atoms with Gasteiger partial charge in [0.25, 0.3) is 0 Å². The van der Waals surface area contributed by atoms with Crippen LogP contribution in [0.1, 0.15) is 0 Å². The van der Waals surface area contributed by atoms with Crippen LogP contribution >= 0.6 is 0 Å². The van der Waals surface area contributed by atoms with E-state index in [1.165, 1.54) is 24.3 Å². The summed E-state index contributed by atoms with van der Waals surface area (Å²) in [5, 5.41) is 39.3. The van der Waals surface area contributed by atoms with Crippen LogP contribution in [0.15, 0.2) is 24.3 Å². The molecule has 0 fully saturated rings. The molecule has 0 saturated carbocycles. The van der Waals surface area contributed by atoms with E-state index in [2.05, 4.69) is 10.6 Å². The van der Waals surface area contributed by atoms with Crippen LogP contribution in [0.3, 0.4) is 0 Å². The van der Waals surface area contributed by atoms with Crippen molar-refractivity contribution in [3.8, 4) is 0 Å². The van der Waals surface area contributed by atoms with Gasteiger partial charge in [0.05, 0.1) is 0 Å². The Balaban J connectivity index is 2.82. The van der Waals surface area contributed by atoms with Crippen molar-refractivity contribution in [2.45, 2.75) is 12.1 Å². The van der Waals surface area contributed by atoms with Crippen LogP contribution in [0.25, 0.3) is 0 Å². The number of nitrogens with one attached hydrogen (secondary N) is 2. The molecule has 0 aliphatic heterocycles. The molecule has 1 rings (SSSR count). The fourth-order valence-corrected chi connectivity index (χ4v) is 1.45. The molecule has 0 spiro atoms. The molecule has 0 radical (unpaired) electrons. The van der Waals surface area contributed by atoms with Crippen molar-refractivity contribution < 1.29 is 39.6 Å². The maximum Gasteiger partial charge on any atom is 0.337 e. The molecular weight excluding hydrogens is 300 g/mol. The molecule has 0 atom stereocenters. The van der Waals surface area contributed by atoms with Crippen LogP contribution in [0.2, 0.25) is 0 Å². The summed E-state index contributed by atoms with van der Waals surface area (Å²) in [5.41, 5.74) is 0.310. The lowest BCUT2D eigenvalue weighted by atomic mass is 10.2. The lowest BCUT2D eigenvalue weighted by Crippen LogP contribution is -2.37. The van der Waals surface area contributed by atoms with Crippen LogP contribution in [-0.4, -0.2) is 56.4 Å². The van der Waals surface area contributed by atoms with Crippen molar-refractivity contribution in [1.29, 1.82) is 0 Å². The Morgan fingerprint density at radius 1 is 0.636 bits per heavy atom. The maximum atomic E-state index is 10.7. The van der Waals surface area contributed by atoms with E-state index in [0.717, 1.165) is 0 Å². The van der Waals surface area contributed by atoms with Gasteiger partial charge in [-0.05, 0) is 24.3 Å². The highest BCUT2D eigenvalue weighted by Crippen LogP contribution is 2.15. The van der Waals surface area contributed by atoms with Gasteiger partial charge in [0.2, 0.25) is 12.1 Å². The van der Waals surface area contributed by atoms with Gasteiger partial charge in [-0.25, -0.2) is 19.2 Å². The van der Waals surface area contributed by atoms with Gasteiger partial charge in [0.1, 0.15) is 0 Å². The number of aliphatic carboxylic acids is 4. The number of carboxylic acid groups (broad SMARTS) is 4. The highest BCUT2D eigenvalue weighted by atomic mass is 16.4. The standard InChI is InChI=1S/C12H12N2O8/c15-9(16)7(10(17)18)13-5-1-2-6(4-3-5)14-8(11(19)20)12(21)22/h1-4,7-8,13-14H,(H,15,16)(H,17,18)(H,19,20)(H,21,22). The lowest BCUT2D eigenvalue weighted by molar-refractivity contribution is -0.150. The first-order valence-electron chi connectivity index (χ1n) is 5.76. The number of hydrogen-bond donors (Lipinski definition) is 6. The van der Waals surface area contributed by atoms with E-state index in [4.69, 9.17) is 20.4 Å². The Bertz CT molecular complexity index is 517. The molecule has 0 unspecified atom stereocenters. The molecule has 118 valence electrons. The van der Waals surface area contributed by atoms with Gasteiger partial charge < -0.3 is 31.1 Å². The molecule has 1 aromatic rings. The molecule has 22 heavy (non-hydrogen) atoms. The molecule has 0 saturated heterocycles. The van der Waals surface area contributed by atoms with Crippen molar-refractivity contribution in [2.24, 2.45) is 0 Å². The van der Waals surface area contributed by atoms with Gasteiger partial charge in [-0.15, -0.1) is 0 Å². The minimum absolute atomic E-state index is 0.155. The summed E-state index contributed by atoms with van der Waals surface area (Å²) < 4.78 is 0. The van der Waals surface area contributed by atoms with Crippen molar-refractivity contribution in [3.63, 3.8) is 0 Å². The highest BCUT2D eigenvalue weighted by molar-refractivity contribution is 6.01. The first-order valence-corrected chi connectivity index (χ1v) is 5.76. The van der Waals surface area contributed by atoms with Crippen LogP contribution in [0, 0.1) is 0 Å². The van der Waals surface area contributed by atoms with Crippen molar-refractivity contribution >= 4 is 35.3 Å². The summed E-state index contributed by atoms with van der Waals surface area (Å²) in [6.07, 6.45) is 0. The van der Waals surface area contributed by atoms with Gasteiger partial charge in [0.15, 0.2) is 0 Å². The molecule has 0 bridgehead atoms. The van der Waals surface area contributed by atoms with E-state index in [1.54, 1.807) is 0 Å². The van der Waals surface area contributed by atoms with Crippen LogP contribution in [-0.2, 0) is 19.2 Å². The molecule has 0 aliphatic rings. The number of hydrogen-bond acceptors (Lipinski definition) is 6. The Kier molecular flexibility index (Phi) is 5.27. The fourth-order valence-electron chi connectivity index (χ4n) is 1.45. The SMILES string of the molecule is O=C(O)C(Nc1ccc(NC(C(=O)O)C(=O)O)cc1)C(=O)O. The van der Waals surface area contributed by atoms with Gasteiger partial charge in [-0.2, -0.15) is 0 Å². The van der Waals surface area contributed by atoms with Crippen molar-refractivity contribution in [3.05, 3.63) is 24.3 Å². The number of carboxylic acids is 4. The summed E-state index contributed by atoms with van der Waals surface area (Å²) in [5.74, 6) is -6.31. The number of benzene rings is 1. The molecule has 1 aromatic carbocycles. The number of carbonyl (C=O) groups is 4. The second-order valence-corrected chi connectivity index (χ2v) is 4.09. The minimum Gasteiger partial charge on any atom is -0.479 e. The van der Waals surface area contributed by atoms with E-state index in [1.807, 2.05) is 0 Å². The number of rotatable bonds is 8. The van der Waals surface area contributed by atoms with Gasteiger partial charge in [-0.1, -0.05) is 0 Å².